The Morgan fingerprint density at radius 3 is 1.65 bits per heavy atom. The van der Waals surface area contributed by atoms with Gasteiger partial charge in [-0.05, 0) is 133 Å². The SMILES string of the molecule is Cc1cccc(N(c2ccc(-c3ccc4c(c3)c3c5ccccc5ccc3n4-c3ccccc3)cc2)c2ccc3c4ccccc4c4ccccc4c3c2)c1. The Morgan fingerprint density at radius 1 is 0.345 bits per heavy atom. The minimum Gasteiger partial charge on any atom is -0.310 e. The fourth-order valence-electron chi connectivity index (χ4n) is 8.88. The molecule has 55 heavy (non-hydrogen) atoms. The van der Waals surface area contributed by atoms with Crippen LogP contribution in [-0.4, -0.2) is 4.57 Å². The smallest absolute Gasteiger partial charge is 0.0547 e. The Labute approximate surface area is 319 Å². The zero-order valence-electron chi connectivity index (χ0n) is 30.4. The van der Waals surface area contributed by atoms with E-state index in [2.05, 4.69) is 217 Å². The van der Waals surface area contributed by atoms with E-state index in [0.29, 0.717) is 0 Å². The molecule has 10 aromatic carbocycles. The van der Waals surface area contributed by atoms with Crippen LogP contribution >= 0.6 is 0 Å². The summed E-state index contributed by atoms with van der Waals surface area (Å²) in [6.07, 6.45) is 0. The average Bonchev–Trinajstić information content (AvgIpc) is 3.59. The van der Waals surface area contributed by atoms with Gasteiger partial charge in [0.1, 0.15) is 0 Å². The number of rotatable bonds is 5. The lowest BCUT2D eigenvalue weighted by Gasteiger charge is -2.27. The molecule has 0 atom stereocenters. The maximum Gasteiger partial charge on any atom is 0.0547 e. The summed E-state index contributed by atoms with van der Waals surface area (Å²) in [5, 5.41) is 12.7. The van der Waals surface area contributed by atoms with Gasteiger partial charge in [0.15, 0.2) is 0 Å². The van der Waals surface area contributed by atoms with Crippen LogP contribution in [0.1, 0.15) is 5.56 Å². The van der Waals surface area contributed by atoms with E-state index in [1.807, 2.05) is 0 Å². The third kappa shape index (κ3) is 5.03. The molecule has 0 unspecified atom stereocenters. The largest absolute Gasteiger partial charge is 0.310 e. The fourth-order valence-corrected chi connectivity index (χ4v) is 8.88. The highest BCUT2D eigenvalue weighted by Gasteiger charge is 2.18. The van der Waals surface area contributed by atoms with Crippen molar-refractivity contribution in [3.05, 3.63) is 206 Å². The van der Waals surface area contributed by atoms with Gasteiger partial charge in [-0.3, -0.25) is 0 Å². The number of anilines is 3. The third-order valence-electron chi connectivity index (χ3n) is 11.4. The van der Waals surface area contributed by atoms with Gasteiger partial charge in [-0.2, -0.15) is 0 Å². The van der Waals surface area contributed by atoms with Gasteiger partial charge in [0.05, 0.1) is 11.0 Å². The maximum absolute atomic E-state index is 2.40. The molecule has 2 heteroatoms. The molecule has 0 saturated heterocycles. The van der Waals surface area contributed by atoms with Crippen molar-refractivity contribution in [2.75, 3.05) is 4.90 Å². The molecule has 0 bridgehead atoms. The molecule has 0 aliphatic heterocycles. The fraction of sp³-hybridized carbons (Fsp3) is 0.0189. The number of aromatic nitrogens is 1. The molecular weight excluding hydrogens is 665 g/mol. The summed E-state index contributed by atoms with van der Waals surface area (Å²) in [5.41, 5.74) is 10.6. The van der Waals surface area contributed by atoms with Crippen LogP contribution in [0.4, 0.5) is 17.1 Å². The molecule has 2 nitrogen and oxygen atoms in total. The Morgan fingerprint density at radius 2 is 0.927 bits per heavy atom. The van der Waals surface area contributed by atoms with Crippen LogP contribution in [-0.2, 0) is 0 Å². The van der Waals surface area contributed by atoms with E-state index in [1.54, 1.807) is 0 Å². The first-order chi connectivity index (χ1) is 27.2. The summed E-state index contributed by atoms with van der Waals surface area (Å²) >= 11 is 0. The maximum atomic E-state index is 2.40. The zero-order chi connectivity index (χ0) is 36.5. The van der Waals surface area contributed by atoms with Crippen LogP contribution < -0.4 is 4.90 Å². The first-order valence-electron chi connectivity index (χ1n) is 19.0. The summed E-state index contributed by atoms with van der Waals surface area (Å²) in [6.45, 7) is 2.17. The van der Waals surface area contributed by atoms with Crippen LogP contribution in [0.2, 0.25) is 0 Å². The van der Waals surface area contributed by atoms with Crippen molar-refractivity contribution >= 4 is 82.0 Å². The summed E-state index contributed by atoms with van der Waals surface area (Å²) < 4.78 is 2.40. The molecule has 11 rings (SSSR count). The Hall–Kier alpha value is -7.16. The molecule has 0 fully saturated rings. The Balaban J connectivity index is 1.07. The van der Waals surface area contributed by atoms with Crippen LogP contribution in [0.5, 0.6) is 0 Å². The molecule has 1 heterocycles. The first-order valence-corrected chi connectivity index (χ1v) is 19.0. The molecule has 0 saturated carbocycles. The van der Waals surface area contributed by atoms with Crippen LogP contribution in [0.15, 0.2) is 200 Å². The Kier molecular flexibility index (Phi) is 7.11. The highest BCUT2D eigenvalue weighted by atomic mass is 15.1. The molecule has 0 N–H and O–H groups in total. The van der Waals surface area contributed by atoms with Gasteiger partial charge in [-0.25, -0.2) is 0 Å². The third-order valence-corrected chi connectivity index (χ3v) is 11.4. The van der Waals surface area contributed by atoms with E-state index in [9.17, 15) is 0 Å². The van der Waals surface area contributed by atoms with Gasteiger partial charge in [-0.15, -0.1) is 0 Å². The zero-order valence-corrected chi connectivity index (χ0v) is 30.4. The second kappa shape index (κ2) is 12.5. The summed E-state index contributed by atoms with van der Waals surface area (Å²) in [6, 6.07) is 73.4. The minimum atomic E-state index is 1.12. The van der Waals surface area contributed by atoms with E-state index in [1.165, 1.54) is 87.3 Å². The second-order valence-corrected chi connectivity index (χ2v) is 14.6. The molecule has 0 aliphatic carbocycles. The number of hydrogen-bond donors (Lipinski definition) is 0. The lowest BCUT2D eigenvalue weighted by atomic mass is 9.94. The molecule has 0 amide bonds. The number of para-hydroxylation sites is 1. The number of benzene rings is 10. The van der Waals surface area contributed by atoms with Crippen molar-refractivity contribution in [2.24, 2.45) is 0 Å². The van der Waals surface area contributed by atoms with Crippen LogP contribution in [0.25, 0.3) is 81.7 Å². The molecule has 258 valence electrons. The van der Waals surface area contributed by atoms with Gasteiger partial charge in [0.2, 0.25) is 0 Å². The van der Waals surface area contributed by atoms with Crippen molar-refractivity contribution in [2.45, 2.75) is 6.92 Å². The van der Waals surface area contributed by atoms with E-state index in [-0.39, 0.29) is 0 Å². The van der Waals surface area contributed by atoms with Crippen molar-refractivity contribution in [1.82, 2.24) is 4.57 Å². The van der Waals surface area contributed by atoms with Crippen molar-refractivity contribution in [3.8, 4) is 16.8 Å². The summed E-state index contributed by atoms with van der Waals surface area (Å²) in [4.78, 5) is 2.39. The van der Waals surface area contributed by atoms with E-state index in [4.69, 9.17) is 0 Å². The van der Waals surface area contributed by atoms with Gasteiger partial charge in [-0.1, -0.05) is 133 Å². The lowest BCUT2D eigenvalue weighted by molar-refractivity contribution is 1.18. The van der Waals surface area contributed by atoms with Crippen LogP contribution in [0.3, 0.4) is 0 Å². The van der Waals surface area contributed by atoms with Gasteiger partial charge in [0, 0.05) is 33.5 Å². The van der Waals surface area contributed by atoms with Crippen molar-refractivity contribution in [3.63, 3.8) is 0 Å². The van der Waals surface area contributed by atoms with E-state index in [0.717, 1.165) is 17.1 Å². The average molecular weight is 701 g/mol. The monoisotopic (exact) mass is 700 g/mol. The minimum absolute atomic E-state index is 1.12. The van der Waals surface area contributed by atoms with Gasteiger partial charge in [0.25, 0.3) is 0 Å². The van der Waals surface area contributed by atoms with Crippen LogP contribution in [0, 0.1) is 6.92 Å². The summed E-state index contributed by atoms with van der Waals surface area (Å²) in [5.74, 6) is 0. The molecule has 1 aromatic heterocycles. The van der Waals surface area contributed by atoms with Gasteiger partial charge < -0.3 is 9.47 Å². The summed E-state index contributed by atoms with van der Waals surface area (Å²) in [7, 11) is 0. The number of fused-ring (bicyclic) bond motifs is 11. The predicted molar refractivity (Wildman–Crippen MR) is 236 cm³/mol. The number of hydrogen-bond acceptors (Lipinski definition) is 1. The molecule has 0 spiro atoms. The Bertz CT molecular complexity index is 3230. The highest BCUT2D eigenvalue weighted by Crippen LogP contribution is 2.43. The number of nitrogens with zero attached hydrogens (tertiary/aromatic N) is 2. The van der Waals surface area contributed by atoms with Gasteiger partial charge >= 0.3 is 0 Å². The van der Waals surface area contributed by atoms with Crippen molar-refractivity contribution in [1.29, 1.82) is 0 Å². The van der Waals surface area contributed by atoms with Crippen molar-refractivity contribution < 1.29 is 0 Å². The quantitative estimate of drug-likeness (QED) is 0.162. The lowest BCUT2D eigenvalue weighted by Crippen LogP contribution is -2.10. The molecule has 0 aliphatic rings. The van der Waals surface area contributed by atoms with E-state index < -0.39 is 0 Å². The normalized spacial score (nSPS) is 11.7. The first kappa shape index (κ1) is 31.4. The van der Waals surface area contributed by atoms with E-state index >= 15 is 0 Å². The standard InChI is InChI=1S/C53H36N2/c1-35-12-11-16-41(32-35)54(42-28-29-48-46-20-8-7-18-44(46)45-19-9-10-21-47(45)49(48)34-42)40-26-22-36(23-27-40)38-25-30-51-50(33-38)53-43-17-6-5-13-37(43)24-31-52(53)55(51)39-14-3-2-4-15-39/h2-34H,1H3. The molecular formula is C53H36N2. The second-order valence-electron chi connectivity index (χ2n) is 14.6. The molecule has 11 aromatic rings. The predicted octanol–water partition coefficient (Wildman–Crippen LogP) is 14.8. The topological polar surface area (TPSA) is 8.17 Å². The number of aryl methyl sites for hydroxylation is 1. The highest BCUT2D eigenvalue weighted by molar-refractivity contribution is 6.26. The molecule has 0 radical (unpaired) electrons.